The molecule has 0 aliphatic carbocycles. The van der Waals surface area contributed by atoms with E-state index in [-0.39, 0.29) is 29.8 Å². The zero-order chi connectivity index (χ0) is 13.2. The molecular weight excluding hydrogens is 274 g/mol. The summed E-state index contributed by atoms with van der Waals surface area (Å²) in [5.41, 5.74) is 3.43. The molecule has 3 rings (SSSR count). The monoisotopic (exact) mass is 290 g/mol. The van der Waals surface area contributed by atoms with Gasteiger partial charge in [-0.3, -0.25) is 0 Å². The van der Waals surface area contributed by atoms with Gasteiger partial charge in [-0.25, -0.2) is 0 Å². The lowest BCUT2D eigenvalue weighted by Crippen LogP contribution is -3.00. The average Bonchev–Trinajstić information content (AvgIpc) is 2.63. The summed E-state index contributed by atoms with van der Waals surface area (Å²) < 4.78 is 0. The molecule has 1 aliphatic heterocycles. The van der Waals surface area contributed by atoms with E-state index in [0.29, 0.717) is 0 Å². The molecule has 1 unspecified atom stereocenters. The van der Waals surface area contributed by atoms with Crippen LogP contribution in [0.2, 0.25) is 0 Å². The molecule has 20 heavy (non-hydrogen) atoms. The Morgan fingerprint density at radius 2 is 1.70 bits per heavy atom. The first kappa shape index (κ1) is 14.7. The van der Waals surface area contributed by atoms with Crippen molar-refractivity contribution in [1.29, 1.82) is 0 Å². The van der Waals surface area contributed by atoms with Crippen LogP contribution < -0.4 is 17.7 Å². The van der Waals surface area contributed by atoms with Gasteiger partial charge in [-0.1, -0.05) is 30.3 Å². The molecule has 1 atom stereocenters. The van der Waals surface area contributed by atoms with Gasteiger partial charge in [0.25, 0.3) is 0 Å². The molecule has 1 aliphatic rings. The summed E-state index contributed by atoms with van der Waals surface area (Å²) in [6, 6.07) is 13.7. The van der Waals surface area contributed by atoms with Gasteiger partial charge in [-0.2, -0.15) is 0 Å². The standard InChI is InChI=1S/C16H17NO2.ClH/c18-15-8-12-6-7-17-10-14(13(12)9-16(15)19)11-4-2-1-3-5-11;/h1-5,8-9,14,17-19H,6-7,10H2;1H/p-1. The molecule has 0 saturated heterocycles. The molecule has 2 aromatic carbocycles. The fourth-order valence-electron chi connectivity index (χ4n) is 2.74. The van der Waals surface area contributed by atoms with Gasteiger partial charge in [0, 0.05) is 12.5 Å². The summed E-state index contributed by atoms with van der Waals surface area (Å²) in [5.74, 6) is 0.138. The Labute approximate surface area is 124 Å². The van der Waals surface area contributed by atoms with E-state index in [0.717, 1.165) is 30.6 Å². The number of rotatable bonds is 1. The van der Waals surface area contributed by atoms with E-state index in [9.17, 15) is 10.2 Å². The zero-order valence-corrected chi connectivity index (χ0v) is 11.8. The Morgan fingerprint density at radius 3 is 2.45 bits per heavy atom. The van der Waals surface area contributed by atoms with Crippen molar-refractivity contribution in [2.75, 3.05) is 13.1 Å². The van der Waals surface area contributed by atoms with Crippen molar-refractivity contribution in [3.8, 4) is 11.5 Å². The first-order valence-corrected chi connectivity index (χ1v) is 6.56. The Balaban J connectivity index is 0.00000147. The molecule has 0 spiro atoms. The first-order chi connectivity index (χ1) is 9.25. The smallest absolute Gasteiger partial charge is 0.157 e. The number of phenols is 2. The van der Waals surface area contributed by atoms with Crippen LogP contribution in [-0.4, -0.2) is 23.3 Å². The molecule has 4 heteroatoms. The number of hydrogen-bond donors (Lipinski definition) is 3. The van der Waals surface area contributed by atoms with Gasteiger partial charge in [-0.05, 0) is 41.8 Å². The number of fused-ring (bicyclic) bond motifs is 1. The number of phenolic OH excluding ortho intramolecular Hbond substituents is 2. The fourth-order valence-corrected chi connectivity index (χ4v) is 2.74. The van der Waals surface area contributed by atoms with Gasteiger partial charge in [0.15, 0.2) is 11.5 Å². The van der Waals surface area contributed by atoms with Gasteiger partial charge in [0.05, 0.1) is 0 Å². The largest absolute Gasteiger partial charge is 1.00 e. The highest BCUT2D eigenvalue weighted by Crippen LogP contribution is 2.36. The lowest BCUT2D eigenvalue weighted by Gasteiger charge is -2.18. The van der Waals surface area contributed by atoms with Gasteiger partial charge in [-0.15, -0.1) is 0 Å². The van der Waals surface area contributed by atoms with Crippen LogP contribution in [0, 0.1) is 0 Å². The minimum Gasteiger partial charge on any atom is -1.00 e. The second kappa shape index (κ2) is 6.16. The molecule has 0 radical (unpaired) electrons. The second-order valence-electron chi connectivity index (χ2n) is 4.96. The number of benzene rings is 2. The zero-order valence-electron chi connectivity index (χ0n) is 11.0. The summed E-state index contributed by atoms with van der Waals surface area (Å²) in [6.07, 6.45) is 0.868. The van der Waals surface area contributed by atoms with Crippen LogP contribution in [0.4, 0.5) is 0 Å². The lowest BCUT2D eigenvalue weighted by atomic mass is 9.88. The van der Waals surface area contributed by atoms with Crippen LogP contribution in [0.5, 0.6) is 11.5 Å². The summed E-state index contributed by atoms with van der Waals surface area (Å²) in [5, 5.41) is 22.8. The van der Waals surface area contributed by atoms with Gasteiger partial charge >= 0.3 is 0 Å². The van der Waals surface area contributed by atoms with Crippen molar-refractivity contribution >= 4 is 0 Å². The van der Waals surface area contributed by atoms with Crippen molar-refractivity contribution in [1.82, 2.24) is 5.32 Å². The molecule has 1 heterocycles. The molecule has 106 valence electrons. The summed E-state index contributed by atoms with van der Waals surface area (Å²) in [4.78, 5) is 0. The summed E-state index contributed by atoms with van der Waals surface area (Å²) in [6.45, 7) is 1.74. The Bertz CT molecular complexity index is 587. The van der Waals surface area contributed by atoms with E-state index < -0.39 is 0 Å². The molecule has 0 saturated carbocycles. The average molecular weight is 291 g/mol. The Morgan fingerprint density at radius 1 is 1.00 bits per heavy atom. The maximum absolute atomic E-state index is 9.76. The number of hydrogen-bond acceptors (Lipinski definition) is 3. The first-order valence-electron chi connectivity index (χ1n) is 6.56. The topological polar surface area (TPSA) is 52.5 Å². The van der Waals surface area contributed by atoms with Crippen LogP contribution in [0.25, 0.3) is 0 Å². The molecule has 0 amide bonds. The van der Waals surface area contributed by atoms with E-state index in [1.807, 2.05) is 18.2 Å². The van der Waals surface area contributed by atoms with E-state index in [4.69, 9.17) is 0 Å². The Kier molecular flexibility index (Phi) is 4.53. The summed E-state index contributed by atoms with van der Waals surface area (Å²) >= 11 is 0. The van der Waals surface area contributed by atoms with E-state index in [1.54, 1.807) is 12.1 Å². The maximum atomic E-state index is 9.76. The number of nitrogens with one attached hydrogen (secondary N) is 1. The Hall–Kier alpha value is -1.71. The molecule has 3 nitrogen and oxygen atoms in total. The quantitative estimate of drug-likeness (QED) is 0.614. The molecule has 0 bridgehead atoms. The van der Waals surface area contributed by atoms with Gasteiger partial charge in [0.1, 0.15) is 0 Å². The summed E-state index contributed by atoms with van der Waals surface area (Å²) in [7, 11) is 0. The highest BCUT2D eigenvalue weighted by molar-refractivity contribution is 5.50. The van der Waals surface area contributed by atoms with Crippen LogP contribution in [0.1, 0.15) is 22.6 Å². The van der Waals surface area contributed by atoms with E-state index in [1.165, 1.54) is 5.56 Å². The van der Waals surface area contributed by atoms with Crippen molar-refractivity contribution < 1.29 is 22.6 Å². The van der Waals surface area contributed by atoms with Crippen LogP contribution in [0.15, 0.2) is 42.5 Å². The molecule has 3 N–H and O–H groups in total. The molecular formula is C16H17ClNO2-. The SMILES string of the molecule is Oc1cc2c(cc1O)C(c1ccccc1)CNCC2.[Cl-]. The second-order valence-corrected chi connectivity index (χ2v) is 4.96. The van der Waals surface area contributed by atoms with Crippen LogP contribution in [-0.2, 0) is 6.42 Å². The van der Waals surface area contributed by atoms with E-state index in [2.05, 4.69) is 17.4 Å². The van der Waals surface area contributed by atoms with Crippen LogP contribution in [0.3, 0.4) is 0 Å². The molecule has 0 aromatic heterocycles. The van der Waals surface area contributed by atoms with Gasteiger partial charge < -0.3 is 27.9 Å². The van der Waals surface area contributed by atoms with Crippen molar-refractivity contribution in [3.05, 3.63) is 59.2 Å². The van der Waals surface area contributed by atoms with Crippen LogP contribution >= 0.6 is 0 Å². The third kappa shape index (κ3) is 2.74. The number of halogens is 1. The van der Waals surface area contributed by atoms with Gasteiger partial charge in [0.2, 0.25) is 0 Å². The minimum atomic E-state index is -0.0402. The van der Waals surface area contributed by atoms with Crippen molar-refractivity contribution in [2.24, 2.45) is 0 Å². The predicted molar refractivity (Wildman–Crippen MR) is 74.6 cm³/mol. The van der Waals surface area contributed by atoms with E-state index >= 15 is 0 Å². The third-order valence-electron chi connectivity index (χ3n) is 3.73. The predicted octanol–water partition coefficient (Wildman–Crippen LogP) is -0.621. The molecule has 2 aromatic rings. The highest BCUT2D eigenvalue weighted by atomic mass is 35.5. The molecule has 0 fully saturated rings. The maximum Gasteiger partial charge on any atom is 0.157 e. The minimum absolute atomic E-state index is 0. The normalized spacial score (nSPS) is 17.7. The fraction of sp³-hybridized carbons (Fsp3) is 0.250. The van der Waals surface area contributed by atoms with Crippen molar-refractivity contribution in [2.45, 2.75) is 12.3 Å². The highest BCUT2D eigenvalue weighted by Gasteiger charge is 2.21. The third-order valence-corrected chi connectivity index (χ3v) is 3.73. The number of aromatic hydroxyl groups is 2. The van der Waals surface area contributed by atoms with Crippen molar-refractivity contribution in [3.63, 3.8) is 0 Å². The lowest BCUT2D eigenvalue weighted by molar-refractivity contribution is -0.00000560.